The summed E-state index contributed by atoms with van der Waals surface area (Å²) in [5.41, 5.74) is 0.957. The maximum atomic E-state index is 11.8. The predicted molar refractivity (Wildman–Crippen MR) is 96.1 cm³/mol. The Hall–Kier alpha value is -1.73. The lowest BCUT2D eigenvalue weighted by molar-refractivity contribution is -0.141. The number of aromatic nitrogens is 1. The number of hydrogen-bond donors (Lipinski definition) is 1. The Morgan fingerprint density at radius 3 is 2.50 bits per heavy atom. The van der Waals surface area contributed by atoms with Crippen molar-refractivity contribution in [3.8, 4) is 0 Å². The van der Waals surface area contributed by atoms with Crippen LogP contribution in [0.5, 0.6) is 0 Å². The number of carbonyl (C=O) groups excluding carboxylic acids is 2. The van der Waals surface area contributed by atoms with E-state index < -0.39 is 14.3 Å². The average molecular weight is 353 g/mol. The number of anilines is 1. The Morgan fingerprint density at radius 1 is 1.25 bits per heavy atom. The van der Waals surface area contributed by atoms with Gasteiger partial charge in [0.1, 0.15) is 5.82 Å². The predicted octanol–water partition coefficient (Wildman–Crippen LogP) is 3.50. The first-order valence-corrected chi connectivity index (χ1v) is 10.9. The molecule has 0 aliphatic heterocycles. The third-order valence-corrected chi connectivity index (χ3v) is 8.76. The molecule has 24 heavy (non-hydrogen) atoms. The quantitative estimate of drug-likeness (QED) is 0.600. The maximum absolute atomic E-state index is 11.8. The highest BCUT2D eigenvalue weighted by Gasteiger charge is 2.37. The summed E-state index contributed by atoms with van der Waals surface area (Å²) < 4.78 is 10.7. The number of rotatable bonds is 7. The van der Waals surface area contributed by atoms with Crippen LogP contribution in [0.1, 0.15) is 39.2 Å². The molecule has 0 fully saturated rings. The van der Waals surface area contributed by atoms with Crippen LogP contribution in [0, 0.1) is 0 Å². The number of esters is 1. The molecular formula is C17H28N2O4Si. The number of hydrogen-bond acceptors (Lipinski definition) is 5. The number of carbonyl (C=O) groups is 2. The zero-order chi connectivity index (χ0) is 18.4. The van der Waals surface area contributed by atoms with Crippen molar-refractivity contribution in [3.63, 3.8) is 0 Å². The summed E-state index contributed by atoms with van der Waals surface area (Å²) in [6.07, 6.45) is 1.76. The first-order valence-electron chi connectivity index (χ1n) is 8.01. The summed E-state index contributed by atoms with van der Waals surface area (Å²) in [4.78, 5) is 27.0. The number of nitrogens with zero attached hydrogens (tertiary/aromatic N) is 1. The van der Waals surface area contributed by atoms with E-state index in [0.717, 1.165) is 5.56 Å². The zero-order valence-electron chi connectivity index (χ0n) is 15.4. The fraction of sp³-hybridized carbons (Fsp3) is 0.588. The molecule has 1 rings (SSSR count). The minimum Gasteiger partial charge on any atom is -0.469 e. The highest BCUT2D eigenvalue weighted by atomic mass is 28.4. The van der Waals surface area contributed by atoms with Gasteiger partial charge in [-0.2, -0.15) is 0 Å². The normalized spacial score (nSPS) is 11.9. The number of amides is 1. The molecule has 134 valence electrons. The van der Waals surface area contributed by atoms with Gasteiger partial charge in [0.15, 0.2) is 8.32 Å². The van der Waals surface area contributed by atoms with Gasteiger partial charge in [0.25, 0.3) is 0 Å². The lowest BCUT2D eigenvalue weighted by Crippen LogP contribution is -2.40. The Balaban J connectivity index is 2.61. The summed E-state index contributed by atoms with van der Waals surface area (Å²) >= 11 is 0. The third-order valence-electron chi connectivity index (χ3n) is 4.28. The second-order valence-corrected chi connectivity index (χ2v) is 12.0. The van der Waals surface area contributed by atoms with E-state index in [2.05, 4.69) is 48.9 Å². The Labute approximate surface area is 145 Å². The summed E-state index contributed by atoms with van der Waals surface area (Å²) in [5.74, 6) is -0.216. The summed E-state index contributed by atoms with van der Waals surface area (Å²) in [7, 11) is -0.526. The second kappa shape index (κ2) is 8.39. The molecule has 0 unspecified atom stereocenters. The van der Waals surface area contributed by atoms with E-state index in [1.807, 2.05) is 6.07 Å². The molecule has 1 heterocycles. The molecule has 0 aliphatic carbocycles. The van der Waals surface area contributed by atoms with Crippen molar-refractivity contribution in [2.45, 2.75) is 58.4 Å². The monoisotopic (exact) mass is 352 g/mol. The number of methoxy groups -OCH3 is 1. The van der Waals surface area contributed by atoms with Gasteiger partial charge in [-0.1, -0.05) is 20.8 Å². The molecule has 1 aromatic rings. The van der Waals surface area contributed by atoms with Crippen molar-refractivity contribution in [1.82, 2.24) is 4.98 Å². The topological polar surface area (TPSA) is 77.5 Å². The van der Waals surface area contributed by atoms with Crippen molar-refractivity contribution in [1.29, 1.82) is 0 Å². The standard InChI is InChI=1S/C17H28N2O4Si/c1-17(2,3)24(5,6)23-12-13-9-10-18-14(11-13)19-15(20)7-8-16(21)22-4/h9-11H,7-8,12H2,1-6H3,(H,18,19,20). The van der Waals surface area contributed by atoms with Crippen LogP contribution in [0.3, 0.4) is 0 Å². The molecule has 0 radical (unpaired) electrons. The van der Waals surface area contributed by atoms with Crippen LogP contribution in [0.25, 0.3) is 0 Å². The lowest BCUT2D eigenvalue weighted by Gasteiger charge is -2.36. The number of pyridine rings is 1. The molecule has 6 nitrogen and oxygen atoms in total. The number of nitrogens with one attached hydrogen (secondary N) is 1. The van der Waals surface area contributed by atoms with E-state index in [1.165, 1.54) is 7.11 Å². The van der Waals surface area contributed by atoms with Crippen LogP contribution in [0.4, 0.5) is 5.82 Å². The van der Waals surface area contributed by atoms with Gasteiger partial charge < -0.3 is 14.5 Å². The highest BCUT2D eigenvalue weighted by molar-refractivity contribution is 6.74. The molecule has 0 aromatic carbocycles. The molecule has 0 aliphatic rings. The van der Waals surface area contributed by atoms with Gasteiger partial charge in [-0.15, -0.1) is 0 Å². The molecule has 0 saturated carbocycles. The maximum Gasteiger partial charge on any atom is 0.306 e. The smallest absolute Gasteiger partial charge is 0.306 e. The summed E-state index contributed by atoms with van der Waals surface area (Å²) in [6, 6.07) is 3.67. The third kappa shape index (κ3) is 6.41. The van der Waals surface area contributed by atoms with Gasteiger partial charge in [-0.25, -0.2) is 4.98 Å². The fourth-order valence-electron chi connectivity index (χ4n) is 1.64. The van der Waals surface area contributed by atoms with E-state index in [9.17, 15) is 9.59 Å². The highest BCUT2D eigenvalue weighted by Crippen LogP contribution is 2.37. The Kier molecular flexibility index (Phi) is 7.10. The van der Waals surface area contributed by atoms with E-state index >= 15 is 0 Å². The first-order chi connectivity index (χ1) is 11.0. The summed E-state index contributed by atoms with van der Waals surface area (Å²) in [6.45, 7) is 11.5. The Bertz CT molecular complexity index is 582. The van der Waals surface area contributed by atoms with E-state index in [-0.39, 0.29) is 23.8 Å². The van der Waals surface area contributed by atoms with Gasteiger partial charge in [-0.3, -0.25) is 9.59 Å². The zero-order valence-corrected chi connectivity index (χ0v) is 16.4. The van der Waals surface area contributed by atoms with Gasteiger partial charge in [-0.05, 0) is 35.8 Å². The van der Waals surface area contributed by atoms with Crippen LogP contribution < -0.4 is 5.32 Å². The number of ether oxygens (including phenoxy) is 1. The Morgan fingerprint density at radius 2 is 1.92 bits per heavy atom. The summed E-state index contributed by atoms with van der Waals surface area (Å²) in [5, 5.41) is 2.83. The molecule has 0 saturated heterocycles. The van der Waals surface area contributed by atoms with Crippen molar-refractivity contribution in [2.75, 3.05) is 12.4 Å². The largest absolute Gasteiger partial charge is 0.469 e. The molecule has 0 atom stereocenters. The second-order valence-electron chi connectivity index (χ2n) is 7.22. The molecule has 1 N–H and O–H groups in total. The van der Waals surface area contributed by atoms with Crippen molar-refractivity contribution in [2.24, 2.45) is 0 Å². The van der Waals surface area contributed by atoms with Crippen LogP contribution in [-0.2, 0) is 25.4 Å². The minimum absolute atomic E-state index is 0.0521. The molecular weight excluding hydrogens is 324 g/mol. The van der Waals surface area contributed by atoms with Crippen LogP contribution >= 0.6 is 0 Å². The van der Waals surface area contributed by atoms with E-state index in [1.54, 1.807) is 12.3 Å². The first kappa shape index (κ1) is 20.3. The van der Waals surface area contributed by atoms with Gasteiger partial charge in [0.2, 0.25) is 5.91 Å². The lowest BCUT2D eigenvalue weighted by atomic mass is 10.2. The molecule has 1 amide bonds. The van der Waals surface area contributed by atoms with Crippen molar-refractivity contribution >= 4 is 26.0 Å². The molecule has 0 spiro atoms. The average Bonchev–Trinajstić information content (AvgIpc) is 2.50. The van der Waals surface area contributed by atoms with E-state index in [0.29, 0.717) is 12.4 Å². The van der Waals surface area contributed by atoms with Crippen molar-refractivity contribution in [3.05, 3.63) is 23.9 Å². The van der Waals surface area contributed by atoms with Gasteiger partial charge in [0, 0.05) is 12.6 Å². The van der Waals surface area contributed by atoms with E-state index in [4.69, 9.17) is 4.43 Å². The van der Waals surface area contributed by atoms with Crippen LogP contribution in [0.15, 0.2) is 18.3 Å². The van der Waals surface area contributed by atoms with Gasteiger partial charge >= 0.3 is 5.97 Å². The minimum atomic E-state index is -1.83. The van der Waals surface area contributed by atoms with Gasteiger partial charge in [0.05, 0.1) is 20.1 Å². The van der Waals surface area contributed by atoms with Crippen molar-refractivity contribution < 1.29 is 18.8 Å². The molecule has 0 bridgehead atoms. The SMILES string of the molecule is COC(=O)CCC(=O)Nc1cc(CO[Si](C)(C)C(C)(C)C)ccn1. The fourth-order valence-corrected chi connectivity index (χ4v) is 2.60. The van der Waals surface area contributed by atoms with Crippen LogP contribution in [-0.4, -0.2) is 32.3 Å². The molecule has 1 aromatic heterocycles. The molecule has 7 heteroatoms. The van der Waals surface area contributed by atoms with Crippen LogP contribution in [0.2, 0.25) is 18.1 Å².